The number of aryl methyl sites for hydroxylation is 1. The minimum atomic E-state index is -0.158. The average Bonchev–Trinajstić information content (AvgIpc) is 3.08. The summed E-state index contributed by atoms with van der Waals surface area (Å²) in [4.78, 5) is 17.8. The number of nitrogens with zero attached hydrogens (tertiary/aromatic N) is 2. The molecule has 0 aliphatic heterocycles. The second-order valence-corrected chi connectivity index (χ2v) is 5.79. The van der Waals surface area contributed by atoms with Gasteiger partial charge in [-0.15, -0.1) is 11.3 Å². The van der Waals surface area contributed by atoms with Crippen molar-refractivity contribution in [2.45, 2.75) is 38.6 Å². The summed E-state index contributed by atoms with van der Waals surface area (Å²) in [5, 5.41) is 11.5. The van der Waals surface area contributed by atoms with Gasteiger partial charge in [0, 0.05) is 10.3 Å². The van der Waals surface area contributed by atoms with Crippen LogP contribution in [0.5, 0.6) is 0 Å². The van der Waals surface area contributed by atoms with Crippen LogP contribution >= 0.6 is 11.3 Å². The monoisotopic (exact) mass is 276 g/mol. The van der Waals surface area contributed by atoms with Gasteiger partial charge in [0.05, 0.1) is 11.6 Å². The molecule has 3 rings (SSSR count). The minimum Gasteiger partial charge on any atom is -0.342 e. The van der Waals surface area contributed by atoms with E-state index in [0.29, 0.717) is 5.82 Å². The molecule has 0 saturated heterocycles. The molecule has 1 atom stereocenters. The van der Waals surface area contributed by atoms with E-state index in [1.54, 1.807) is 11.3 Å². The number of fused-ring (bicyclic) bond motifs is 1. The van der Waals surface area contributed by atoms with E-state index >= 15 is 0 Å². The summed E-state index contributed by atoms with van der Waals surface area (Å²) in [5.41, 5.74) is 2.09. The lowest BCUT2D eigenvalue weighted by molar-refractivity contribution is 0.0937. The smallest absolute Gasteiger partial charge is 0.252 e. The van der Waals surface area contributed by atoms with Crippen LogP contribution in [-0.4, -0.2) is 21.1 Å². The number of nitrogens with one attached hydrogen (secondary N) is 2. The van der Waals surface area contributed by atoms with Crippen molar-refractivity contribution in [3.8, 4) is 0 Å². The number of H-pyrrole nitrogens is 1. The lowest BCUT2D eigenvalue weighted by Gasteiger charge is -2.14. The van der Waals surface area contributed by atoms with Crippen LogP contribution in [0.4, 0.5) is 0 Å². The normalized spacial score (nSPS) is 15.8. The molecular weight excluding hydrogens is 260 g/mol. The van der Waals surface area contributed by atoms with Crippen molar-refractivity contribution in [2.75, 3.05) is 0 Å². The number of carbonyl (C=O) groups is 1. The molecule has 1 amide bonds. The Bertz CT molecular complexity index is 575. The van der Waals surface area contributed by atoms with Gasteiger partial charge in [0.25, 0.3) is 5.91 Å². The fraction of sp³-hybridized carbons (Fsp3) is 0.462. The first-order valence-electron chi connectivity index (χ1n) is 6.51. The molecule has 100 valence electrons. The molecule has 6 heteroatoms. The summed E-state index contributed by atoms with van der Waals surface area (Å²) in [6, 6.07) is -0.158. The lowest BCUT2D eigenvalue weighted by atomic mass is 9.95. The number of amides is 1. The Hall–Kier alpha value is -1.69. The molecule has 2 heterocycles. The number of rotatable bonds is 3. The van der Waals surface area contributed by atoms with Gasteiger partial charge < -0.3 is 5.32 Å². The van der Waals surface area contributed by atoms with Crippen LogP contribution in [0, 0.1) is 0 Å². The molecule has 0 spiro atoms. The van der Waals surface area contributed by atoms with Gasteiger partial charge in [0.15, 0.2) is 0 Å². The van der Waals surface area contributed by atoms with Crippen LogP contribution in [0.25, 0.3) is 0 Å². The fourth-order valence-corrected chi connectivity index (χ4v) is 3.58. The Morgan fingerprint density at radius 3 is 3.11 bits per heavy atom. The number of carbonyl (C=O) groups excluding carboxylic acids is 1. The molecule has 19 heavy (non-hydrogen) atoms. The van der Waals surface area contributed by atoms with Crippen LogP contribution in [0.15, 0.2) is 11.7 Å². The number of hydrogen-bond acceptors (Lipinski definition) is 4. The Labute approximate surface area is 115 Å². The Morgan fingerprint density at radius 1 is 1.47 bits per heavy atom. The molecule has 1 aliphatic carbocycles. The highest BCUT2D eigenvalue weighted by Gasteiger charge is 2.21. The second-order valence-electron chi connectivity index (χ2n) is 4.82. The third-order valence-electron chi connectivity index (χ3n) is 3.50. The van der Waals surface area contributed by atoms with E-state index in [2.05, 4.69) is 20.5 Å². The van der Waals surface area contributed by atoms with Crippen LogP contribution in [0.2, 0.25) is 0 Å². The number of aromatic nitrogens is 3. The molecule has 1 aliphatic rings. The van der Waals surface area contributed by atoms with Crippen molar-refractivity contribution >= 4 is 17.2 Å². The van der Waals surface area contributed by atoms with E-state index in [1.807, 2.05) is 12.3 Å². The van der Waals surface area contributed by atoms with E-state index in [1.165, 1.54) is 29.6 Å². The van der Waals surface area contributed by atoms with Gasteiger partial charge in [-0.2, -0.15) is 5.10 Å². The Kier molecular flexibility index (Phi) is 3.33. The molecule has 1 unspecified atom stereocenters. The van der Waals surface area contributed by atoms with E-state index < -0.39 is 0 Å². The van der Waals surface area contributed by atoms with Crippen molar-refractivity contribution in [3.63, 3.8) is 0 Å². The Balaban J connectivity index is 1.75. The zero-order chi connectivity index (χ0) is 13.2. The maximum atomic E-state index is 12.3. The number of hydrogen-bond donors (Lipinski definition) is 2. The molecule has 0 aromatic carbocycles. The summed E-state index contributed by atoms with van der Waals surface area (Å²) in [6.45, 7) is 1.90. The zero-order valence-electron chi connectivity index (χ0n) is 10.8. The highest BCUT2D eigenvalue weighted by atomic mass is 32.1. The maximum absolute atomic E-state index is 12.3. The van der Waals surface area contributed by atoms with Crippen molar-refractivity contribution in [1.82, 2.24) is 20.5 Å². The van der Waals surface area contributed by atoms with E-state index in [-0.39, 0.29) is 11.9 Å². The highest BCUT2D eigenvalue weighted by Crippen LogP contribution is 2.30. The third-order valence-corrected chi connectivity index (χ3v) is 4.59. The molecule has 5 nitrogen and oxygen atoms in total. The van der Waals surface area contributed by atoms with Gasteiger partial charge in [-0.25, -0.2) is 4.98 Å². The highest BCUT2D eigenvalue weighted by molar-refractivity contribution is 7.10. The predicted octanol–water partition coefficient (Wildman–Crippen LogP) is 2.24. The molecule has 0 fully saturated rings. The summed E-state index contributed by atoms with van der Waals surface area (Å²) >= 11 is 1.71. The average molecular weight is 276 g/mol. The molecular formula is C13H16N4OS. The van der Waals surface area contributed by atoms with Crippen molar-refractivity contribution in [2.24, 2.45) is 0 Å². The topological polar surface area (TPSA) is 70.7 Å². The molecule has 0 saturated carbocycles. The minimum absolute atomic E-state index is 0.0108. The van der Waals surface area contributed by atoms with Crippen molar-refractivity contribution in [3.05, 3.63) is 33.5 Å². The van der Waals surface area contributed by atoms with Crippen LogP contribution in [0.3, 0.4) is 0 Å². The van der Waals surface area contributed by atoms with Crippen LogP contribution in [-0.2, 0) is 12.8 Å². The number of thiophene rings is 1. The van der Waals surface area contributed by atoms with Gasteiger partial charge in [-0.05, 0) is 38.2 Å². The summed E-state index contributed by atoms with van der Waals surface area (Å²) in [5.74, 6) is 0.667. The van der Waals surface area contributed by atoms with Crippen LogP contribution in [0.1, 0.15) is 52.4 Å². The maximum Gasteiger partial charge on any atom is 0.252 e. The summed E-state index contributed by atoms with van der Waals surface area (Å²) in [7, 11) is 0. The first kappa shape index (κ1) is 12.3. The van der Waals surface area contributed by atoms with Gasteiger partial charge in [0.1, 0.15) is 12.2 Å². The predicted molar refractivity (Wildman–Crippen MR) is 73.2 cm³/mol. The summed E-state index contributed by atoms with van der Waals surface area (Å²) in [6.07, 6.45) is 6.01. The Morgan fingerprint density at radius 2 is 2.32 bits per heavy atom. The molecule has 2 aromatic rings. The van der Waals surface area contributed by atoms with Crippen molar-refractivity contribution < 1.29 is 4.79 Å². The van der Waals surface area contributed by atoms with Gasteiger partial charge in [-0.3, -0.25) is 9.89 Å². The fourth-order valence-electron chi connectivity index (χ4n) is 2.45. The molecule has 0 radical (unpaired) electrons. The third kappa shape index (κ3) is 2.40. The van der Waals surface area contributed by atoms with Gasteiger partial charge >= 0.3 is 0 Å². The molecule has 0 bridgehead atoms. The first-order chi connectivity index (χ1) is 9.25. The van der Waals surface area contributed by atoms with E-state index in [9.17, 15) is 4.79 Å². The van der Waals surface area contributed by atoms with Crippen molar-refractivity contribution in [1.29, 1.82) is 0 Å². The van der Waals surface area contributed by atoms with Gasteiger partial charge in [-0.1, -0.05) is 0 Å². The standard InChI is InChI=1S/C13H16N4OS/c1-8(12-14-7-15-17-12)16-13(18)10-6-19-11-5-3-2-4-9(10)11/h6-8H,2-5H2,1H3,(H,16,18)(H,14,15,17). The van der Waals surface area contributed by atoms with Crippen LogP contribution < -0.4 is 5.32 Å². The van der Waals surface area contributed by atoms with E-state index in [0.717, 1.165) is 18.4 Å². The number of aromatic amines is 1. The molecule has 2 aromatic heterocycles. The largest absolute Gasteiger partial charge is 0.342 e. The lowest BCUT2D eigenvalue weighted by Crippen LogP contribution is -2.28. The summed E-state index contributed by atoms with van der Waals surface area (Å²) < 4.78 is 0. The second kappa shape index (κ2) is 5.13. The first-order valence-corrected chi connectivity index (χ1v) is 7.39. The SMILES string of the molecule is CC(NC(=O)c1csc2c1CCCC2)c1ncn[nH]1. The zero-order valence-corrected chi connectivity index (χ0v) is 11.6. The van der Waals surface area contributed by atoms with Gasteiger partial charge in [0.2, 0.25) is 0 Å². The molecule has 2 N–H and O–H groups in total. The quantitative estimate of drug-likeness (QED) is 0.903. The van der Waals surface area contributed by atoms with E-state index in [4.69, 9.17) is 0 Å².